The van der Waals surface area contributed by atoms with E-state index in [1.54, 1.807) is 18.7 Å². The Balaban J connectivity index is 0.00000192. The summed E-state index contributed by atoms with van der Waals surface area (Å²) in [7, 11) is 0. The summed E-state index contributed by atoms with van der Waals surface area (Å²) < 4.78 is 5.58. The van der Waals surface area contributed by atoms with Crippen LogP contribution in [0.15, 0.2) is 59.5 Å². The molecule has 0 spiro atoms. The lowest BCUT2D eigenvalue weighted by Gasteiger charge is -2.20. The van der Waals surface area contributed by atoms with Crippen LogP contribution >= 0.6 is 17.0 Å². The fraction of sp³-hybridized carbons (Fsp3) is 0.222. The highest BCUT2D eigenvalue weighted by Gasteiger charge is 2.09. The fourth-order valence-electron chi connectivity index (χ4n) is 2.47. The predicted molar refractivity (Wildman–Crippen MR) is 99.1 cm³/mol. The maximum atomic E-state index is 5.58. The molecule has 0 saturated heterocycles. The molecule has 5 heteroatoms. The van der Waals surface area contributed by atoms with Gasteiger partial charge in [0.1, 0.15) is 12.0 Å². The maximum Gasteiger partial charge on any atom is 0.226 e. The molecule has 4 nitrogen and oxygen atoms in total. The molecule has 3 aromatic rings. The van der Waals surface area contributed by atoms with Gasteiger partial charge in [-0.2, -0.15) is 0 Å². The van der Waals surface area contributed by atoms with Gasteiger partial charge >= 0.3 is 0 Å². The molecule has 0 unspecified atom stereocenters. The van der Waals surface area contributed by atoms with Gasteiger partial charge in [0.2, 0.25) is 5.89 Å². The van der Waals surface area contributed by atoms with E-state index in [0.29, 0.717) is 5.89 Å². The molecule has 0 aliphatic rings. The van der Waals surface area contributed by atoms with Crippen LogP contribution in [0.1, 0.15) is 13.8 Å². The van der Waals surface area contributed by atoms with Gasteiger partial charge in [0.15, 0.2) is 0 Å². The second-order valence-electron chi connectivity index (χ2n) is 4.99. The third-order valence-corrected chi connectivity index (χ3v) is 3.72. The highest BCUT2D eigenvalue weighted by molar-refractivity contribution is 8.93. The van der Waals surface area contributed by atoms with Crippen LogP contribution in [-0.2, 0) is 0 Å². The van der Waals surface area contributed by atoms with Crippen LogP contribution in [0.5, 0.6) is 0 Å². The SMILES string of the molecule is Br.CCN(CC)c1ccc(-c2coc(-c3ccncc3)n2)cc1. The van der Waals surface area contributed by atoms with E-state index in [-0.39, 0.29) is 17.0 Å². The number of anilines is 1. The van der Waals surface area contributed by atoms with Gasteiger partial charge in [-0.15, -0.1) is 17.0 Å². The quantitative estimate of drug-likeness (QED) is 0.642. The molecule has 2 aromatic heterocycles. The van der Waals surface area contributed by atoms with Crippen LogP contribution in [0.2, 0.25) is 0 Å². The largest absolute Gasteiger partial charge is 0.444 e. The van der Waals surface area contributed by atoms with Crippen molar-refractivity contribution in [2.24, 2.45) is 0 Å². The number of hydrogen-bond donors (Lipinski definition) is 0. The van der Waals surface area contributed by atoms with Crippen molar-refractivity contribution in [2.45, 2.75) is 13.8 Å². The Morgan fingerprint density at radius 3 is 2.17 bits per heavy atom. The van der Waals surface area contributed by atoms with Gasteiger partial charge in [0, 0.05) is 42.3 Å². The van der Waals surface area contributed by atoms with E-state index >= 15 is 0 Å². The van der Waals surface area contributed by atoms with E-state index in [4.69, 9.17) is 4.42 Å². The van der Waals surface area contributed by atoms with Crippen molar-refractivity contribution in [3.63, 3.8) is 0 Å². The molecule has 0 bridgehead atoms. The molecule has 0 aliphatic carbocycles. The lowest BCUT2D eigenvalue weighted by Crippen LogP contribution is -2.21. The van der Waals surface area contributed by atoms with Crippen LogP contribution in [0, 0.1) is 0 Å². The number of pyridine rings is 1. The molecule has 0 saturated carbocycles. The van der Waals surface area contributed by atoms with Crippen molar-refractivity contribution in [3.8, 4) is 22.7 Å². The van der Waals surface area contributed by atoms with E-state index in [2.05, 4.69) is 53.0 Å². The monoisotopic (exact) mass is 373 g/mol. The van der Waals surface area contributed by atoms with Crippen LogP contribution in [0.25, 0.3) is 22.7 Å². The third kappa shape index (κ3) is 3.79. The van der Waals surface area contributed by atoms with Crippen molar-refractivity contribution >= 4 is 22.7 Å². The minimum absolute atomic E-state index is 0. The van der Waals surface area contributed by atoms with Gasteiger partial charge < -0.3 is 9.32 Å². The van der Waals surface area contributed by atoms with E-state index in [9.17, 15) is 0 Å². The standard InChI is InChI=1S/C18H19N3O.BrH/c1-3-21(4-2)16-7-5-14(6-8-16)17-13-22-18(20-17)15-9-11-19-12-10-15;/h5-13H,3-4H2,1-2H3;1H. The zero-order chi connectivity index (χ0) is 15.4. The molecule has 0 amide bonds. The van der Waals surface area contributed by atoms with Crippen LogP contribution < -0.4 is 4.90 Å². The smallest absolute Gasteiger partial charge is 0.226 e. The van der Waals surface area contributed by atoms with E-state index in [0.717, 1.165) is 29.9 Å². The highest BCUT2D eigenvalue weighted by atomic mass is 79.9. The van der Waals surface area contributed by atoms with Gasteiger partial charge in [-0.05, 0) is 38.1 Å². The zero-order valence-corrected chi connectivity index (χ0v) is 15.0. The molecule has 2 heterocycles. The summed E-state index contributed by atoms with van der Waals surface area (Å²) in [5, 5.41) is 0. The Morgan fingerprint density at radius 1 is 0.913 bits per heavy atom. The Bertz CT molecular complexity index is 722. The highest BCUT2D eigenvalue weighted by Crippen LogP contribution is 2.26. The van der Waals surface area contributed by atoms with Crippen molar-refractivity contribution in [2.75, 3.05) is 18.0 Å². The summed E-state index contributed by atoms with van der Waals surface area (Å²) in [6.45, 7) is 6.34. The van der Waals surface area contributed by atoms with Crippen LogP contribution in [-0.4, -0.2) is 23.1 Å². The lowest BCUT2D eigenvalue weighted by atomic mass is 10.1. The first-order chi connectivity index (χ1) is 10.8. The number of aromatic nitrogens is 2. The first-order valence-corrected chi connectivity index (χ1v) is 7.53. The normalized spacial score (nSPS) is 10.2. The van der Waals surface area contributed by atoms with Crippen LogP contribution in [0.3, 0.4) is 0 Å². The first-order valence-electron chi connectivity index (χ1n) is 7.53. The third-order valence-electron chi connectivity index (χ3n) is 3.72. The molecule has 0 radical (unpaired) electrons. The van der Waals surface area contributed by atoms with E-state index < -0.39 is 0 Å². The number of rotatable bonds is 5. The van der Waals surface area contributed by atoms with Gasteiger partial charge in [-0.1, -0.05) is 12.1 Å². The van der Waals surface area contributed by atoms with Crippen molar-refractivity contribution in [1.29, 1.82) is 0 Å². The van der Waals surface area contributed by atoms with Crippen molar-refractivity contribution in [3.05, 3.63) is 55.1 Å². The van der Waals surface area contributed by atoms with Gasteiger partial charge in [0.25, 0.3) is 0 Å². The summed E-state index contributed by atoms with van der Waals surface area (Å²) in [4.78, 5) is 10.9. The summed E-state index contributed by atoms with van der Waals surface area (Å²) in [5.41, 5.74) is 4.06. The second kappa shape index (κ2) is 7.92. The number of nitrogens with zero attached hydrogens (tertiary/aromatic N) is 3. The minimum Gasteiger partial charge on any atom is -0.444 e. The average Bonchev–Trinajstić information content (AvgIpc) is 3.07. The molecular formula is C18H20BrN3O. The van der Waals surface area contributed by atoms with Crippen LogP contribution in [0.4, 0.5) is 5.69 Å². The van der Waals surface area contributed by atoms with Crippen molar-refractivity contribution < 1.29 is 4.42 Å². The summed E-state index contributed by atoms with van der Waals surface area (Å²) >= 11 is 0. The summed E-state index contributed by atoms with van der Waals surface area (Å²) in [5.74, 6) is 0.616. The van der Waals surface area contributed by atoms with Gasteiger partial charge in [-0.3, -0.25) is 4.98 Å². The zero-order valence-electron chi connectivity index (χ0n) is 13.3. The lowest BCUT2D eigenvalue weighted by molar-refractivity contribution is 0.575. The number of halogens is 1. The van der Waals surface area contributed by atoms with Gasteiger partial charge in [0.05, 0.1) is 0 Å². The van der Waals surface area contributed by atoms with E-state index in [1.807, 2.05) is 12.1 Å². The summed E-state index contributed by atoms with van der Waals surface area (Å²) in [6.07, 6.45) is 5.17. The summed E-state index contributed by atoms with van der Waals surface area (Å²) in [6, 6.07) is 12.2. The minimum atomic E-state index is 0. The first kappa shape index (κ1) is 17.2. The molecule has 120 valence electrons. The number of benzene rings is 1. The van der Waals surface area contributed by atoms with Crippen molar-refractivity contribution in [1.82, 2.24) is 9.97 Å². The Morgan fingerprint density at radius 2 is 1.57 bits per heavy atom. The Kier molecular flexibility index (Phi) is 5.93. The molecular weight excluding hydrogens is 354 g/mol. The Labute approximate surface area is 147 Å². The molecule has 23 heavy (non-hydrogen) atoms. The maximum absolute atomic E-state index is 5.58. The fourth-order valence-corrected chi connectivity index (χ4v) is 2.47. The van der Waals surface area contributed by atoms with E-state index in [1.165, 1.54) is 5.69 Å². The number of hydrogen-bond acceptors (Lipinski definition) is 4. The molecule has 0 atom stereocenters. The molecule has 0 N–H and O–H groups in total. The molecule has 0 fully saturated rings. The predicted octanol–water partition coefficient (Wildman–Crippen LogP) is 4.83. The van der Waals surface area contributed by atoms with Gasteiger partial charge in [-0.25, -0.2) is 4.98 Å². The molecule has 1 aromatic carbocycles. The number of oxazole rings is 1. The second-order valence-corrected chi connectivity index (χ2v) is 4.99. The molecule has 0 aliphatic heterocycles. The molecule has 3 rings (SSSR count). The Hall–Kier alpha value is -2.14. The average molecular weight is 374 g/mol. The topological polar surface area (TPSA) is 42.2 Å².